The number of hydrazine groups is 1. The first-order valence-electron chi connectivity index (χ1n) is 7.76. The van der Waals surface area contributed by atoms with E-state index in [9.17, 15) is 14.4 Å². The van der Waals surface area contributed by atoms with Crippen molar-refractivity contribution in [3.63, 3.8) is 0 Å². The number of aromatic nitrogens is 2. The molecule has 0 aliphatic carbocycles. The Balaban J connectivity index is 1.91. The second-order valence-corrected chi connectivity index (χ2v) is 8.21. The minimum absolute atomic E-state index is 0.0709. The van der Waals surface area contributed by atoms with Crippen LogP contribution in [0.2, 0.25) is 0 Å². The number of nitrogens with one attached hydrogen (secondary N) is 2. The molecule has 0 bridgehead atoms. The van der Waals surface area contributed by atoms with Crippen LogP contribution in [0.3, 0.4) is 0 Å². The molecule has 0 aliphatic rings. The largest absolute Gasteiger partial charge is 0.290 e. The van der Waals surface area contributed by atoms with E-state index in [0.717, 1.165) is 3.79 Å². The molecule has 1 aromatic carbocycles. The van der Waals surface area contributed by atoms with Crippen LogP contribution in [-0.2, 0) is 0 Å². The highest BCUT2D eigenvalue weighted by Gasteiger charge is 2.18. The zero-order valence-corrected chi connectivity index (χ0v) is 16.3. The Labute approximate surface area is 161 Å². The first-order chi connectivity index (χ1) is 12.4. The van der Waals surface area contributed by atoms with Crippen molar-refractivity contribution in [3.05, 3.63) is 61.1 Å². The number of halogens is 1. The number of hydrogen-bond acceptors (Lipinski definition) is 5. The summed E-state index contributed by atoms with van der Waals surface area (Å²) in [6.45, 7) is 3.61. The number of carbonyl (C=O) groups is 2. The number of rotatable bonds is 3. The average Bonchev–Trinajstić information content (AvgIpc) is 3.06. The van der Waals surface area contributed by atoms with Gasteiger partial charge in [0.25, 0.3) is 17.4 Å². The van der Waals surface area contributed by atoms with Crippen LogP contribution in [0.5, 0.6) is 0 Å². The summed E-state index contributed by atoms with van der Waals surface area (Å²) in [4.78, 5) is 37.6. The topological polar surface area (TPSA) is 93.1 Å². The summed E-state index contributed by atoms with van der Waals surface area (Å²) in [7, 11) is 0. The first-order valence-corrected chi connectivity index (χ1v) is 9.37. The second-order valence-electron chi connectivity index (χ2n) is 5.75. The molecule has 0 spiro atoms. The van der Waals surface area contributed by atoms with Crippen LogP contribution in [0.25, 0.3) is 10.8 Å². The molecule has 134 valence electrons. The lowest BCUT2D eigenvalue weighted by molar-refractivity contribution is 0.0845. The maximum atomic E-state index is 12.6. The van der Waals surface area contributed by atoms with Gasteiger partial charge in [0.15, 0.2) is 5.69 Å². The Morgan fingerprint density at radius 3 is 2.35 bits per heavy atom. The number of benzene rings is 1. The van der Waals surface area contributed by atoms with Crippen LogP contribution in [0.1, 0.15) is 40.0 Å². The number of amides is 2. The lowest BCUT2D eigenvalue weighted by atomic mass is 10.1. The zero-order valence-electron chi connectivity index (χ0n) is 13.9. The summed E-state index contributed by atoms with van der Waals surface area (Å²) < 4.78 is 2.07. The molecular weight excluding hydrogens is 420 g/mol. The van der Waals surface area contributed by atoms with Crippen LogP contribution in [0.4, 0.5) is 0 Å². The molecule has 0 atom stereocenters. The Bertz CT molecular complexity index is 1060. The van der Waals surface area contributed by atoms with Gasteiger partial charge >= 0.3 is 0 Å². The molecule has 0 radical (unpaired) electrons. The number of hydrogen-bond donors (Lipinski definition) is 2. The Morgan fingerprint density at radius 2 is 1.73 bits per heavy atom. The van der Waals surface area contributed by atoms with Crippen molar-refractivity contribution in [2.45, 2.75) is 19.9 Å². The molecule has 0 saturated carbocycles. The van der Waals surface area contributed by atoms with Gasteiger partial charge in [-0.05, 0) is 48.0 Å². The molecule has 0 saturated heterocycles. The summed E-state index contributed by atoms with van der Waals surface area (Å²) in [6.07, 6.45) is 0. The fourth-order valence-electron chi connectivity index (χ4n) is 2.39. The second kappa shape index (κ2) is 7.38. The van der Waals surface area contributed by atoms with Crippen molar-refractivity contribution >= 4 is 49.9 Å². The van der Waals surface area contributed by atoms with E-state index in [2.05, 4.69) is 31.9 Å². The molecule has 3 aromatic rings. The zero-order chi connectivity index (χ0) is 18.8. The van der Waals surface area contributed by atoms with Gasteiger partial charge in [-0.3, -0.25) is 25.2 Å². The van der Waals surface area contributed by atoms with Gasteiger partial charge in [0, 0.05) is 5.39 Å². The van der Waals surface area contributed by atoms with Crippen LogP contribution >= 0.6 is 27.3 Å². The normalized spacial score (nSPS) is 10.9. The van der Waals surface area contributed by atoms with Gasteiger partial charge < -0.3 is 0 Å². The maximum absolute atomic E-state index is 12.6. The summed E-state index contributed by atoms with van der Waals surface area (Å²) in [6, 6.07) is 9.93. The summed E-state index contributed by atoms with van der Waals surface area (Å²) >= 11 is 4.53. The molecule has 26 heavy (non-hydrogen) atoms. The third-order valence-corrected chi connectivity index (χ3v) is 5.24. The Kier molecular flexibility index (Phi) is 5.19. The van der Waals surface area contributed by atoms with Gasteiger partial charge in [0.1, 0.15) is 0 Å². The SMILES string of the molecule is CC(C)n1nc(C(=O)NNC(=O)c2ccc(Br)s2)c2ccccc2c1=O. The van der Waals surface area contributed by atoms with Crippen LogP contribution in [0, 0.1) is 0 Å². The van der Waals surface area contributed by atoms with Gasteiger partial charge in [-0.1, -0.05) is 18.2 Å². The van der Waals surface area contributed by atoms with E-state index in [-0.39, 0.29) is 17.3 Å². The standard InChI is InChI=1S/C17H15BrN4O3S/c1-9(2)22-17(25)11-6-4-3-5-10(11)14(21-22)16(24)20-19-15(23)12-7-8-13(18)26-12/h3-9H,1-2H3,(H,19,23)(H,20,24). The molecule has 9 heteroatoms. The smallest absolute Gasteiger partial charge is 0.267 e. The van der Waals surface area contributed by atoms with Gasteiger partial charge in [-0.15, -0.1) is 11.3 Å². The first kappa shape index (κ1) is 18.3. The van der Waals surface area contributed by atoms with E-state index in [1.54, 1.807) is 50.2 Å². The number of thiophene rings is 1. The molecule has 0 unspecified atom stereocenters. The van der Waals surface area contributed by atoms with Gasteiger partial charge in [0.05, 0.1) is 20.1 Å². The maximum Gasteiger partial charge on any atom is 0.290 e. The summed E-state index contributed by atoms with van der Waals surface area (Å²) in [5.41, 5.74) is 4.53. The van der Waals surface area contributed by atoms with E-state index >= 15 is 0 Å². The van der Waals surface area contributed by atoms with Crippen LogP contribution in [0.15, 0.2) is 45.0 Å². The van der Waals surface area contributed by atoms with Crippen LogP contribution < -0.4 is 16.4 Å². The van der Waals surface area contributed by atoms with E-state index < -0.39 is 11.8 Å². The van der Waals surface area contributed by atoms with Crippen molar-refractivity contribution in [2.75, 3.05) is 0 Å². The van der Waals surface area contributed by atoms with Crippen molar-refractivity contribution < 1.29 is 9.59 Å². The van der Waals surface area contributed by atoms with Crippen LogP contribution in [-0.4, -0.2) is 21.6 Å². The molecule has 2 amide bonds. The van der Waals surface area contributed by atoms with Gasteiger partial charge in [-0.25, -0.2) is 4.68 Å². The van der Waals surface area contributed by atoms with Gasteiger partial charge in [-0.2, -0.15) is 5.10 Å². The number of carbonyl (C=O) groups excluding carboxylic acids is 2. The van der Waals surface area contributed by atoms with Crippen molar-refractivity contribution in [1.82, 2.24) is 20.6 Å². The summed E-state index contributed by atoms with van der Waals surface area (Å²) in [5.74, 6) is -1.03. The fourth-order valence-corrected chi connectivity index (χ4v) is 3.68. The Hall–Kier alpha value is -2.52. The lowest BCUT2D eigenvalue weighted by Gasteiger charge is -2.13. The third kappa shape index (κ3) is 3.54. The molecule has 7 nitrogen and oxygen atoms in total. The van der Waals surface area contributed by atoms with Crippen molar-refractivity contribution in [3.8, 4) is 0 Å². The molecule has 0 aliphatic heterocycles. The molecule has 2 aromatic heterocycles. The number of nitrogens with zero attached hydrogens (tertiary/aromatic N) is 2. The highest BCUT2D eigenvalue weighted by Crippen LogP contribution is 2.21. The molecular formula is C17H15BrN4O3S. The van der Waals surface area contributed by atoms with E-state index in [1.165, 1.54) is 16.0 Å². The number of fused-ring (bicyclic) bond motifs is 1. The fraction of sp³-hybridized carbons (Fsp3) is 0.176. The average molecular weight is 435 g/mol. The monoisotopic (exact) mass is 434 g/mol. The predicted molar refractivity (Wildman–Crippen MR) is 103 cm³/mol. The van der Waals surface area contributed by atoms with E-state index in [0.29, 0.717) is 15.6 Å². The van der Waals surface area contributed by atoms with E-state index in [4.69, 9.17) is 0 Å². The van der Waals surface area contributed by atoms with Gasteiger partial charge in [0.2, 0.25) is 0 Å². The minimum atomic E-state index is -0.598. The predicted octanol–water partition coefficient (Wildman–Crippen LogP) is 2.88. The highest BCUT2D eigenvalue weighted by molar-refractivity contribution is 9.11. The molecule has 3 rings (SSSR count). The third-order valence-electron chi connectivity index (χ3n) is 3.62. The van der Waals surface area contributed by atoms with Crippen molar-refractivity contribution in [1.29, 1.82) is 0 Å². The Morgan fingerprint density at radius 1 is 1.08 bits per heavy atom. The molecule has 2 heterocycles. The minimum Gasteiger partial charge on any atom is -0.267 e. The van der Waals surface area contributed by atoms with Crippen molar-refractivity contribution in [2.24, 2.45) is 0 Å². The van der Waals surface area contributed by atoms with E-state index in [1.807, 2.05) is 0 Å². The summed E-state index contributed by atoms with van der Waals surface area (Å²) in [5, 5.41) is 5.02. The highest BCUT2D eigenvalue weighted by atomic mass is 79.9. The molecule has 2 N–H and O–H groups in total. The quantitative estimate of drug-likeness (QED) is 0.619. The lowest BCUT2D eigenvalue weighted by Crippen LogP contribution is -2.42. The molecule has 0 fully saturated rings.